The molecule has 0 radical (unpaired) electrons. The van der Waals surface area contributed by atoms with Gasteiger partial charge in [-0.15, -0.1) is 0 Å². The van der Waals surface area contributed by atoms with Gasteiger partial charge in [0.05, 0.1) is 0 Å². The highest BCUT2D eigenvalue weighted by molar-refractivity contribution is 4.87. The van der Waals surface area contributed by atoms with Gasteiger partial charge in [0, 0.05) is 24.7 Å². The van der Waals surface area contributed by atoms with E-state index in [0.29, 0.717) is 6.04 Å². The van der Waals surface area contributed by atoms with Crippen molar-refractivity contribution in [3.63, 3.8) is 0 Å². The number of nitrogens with one attached hydrogen (secondary N) is 1. The quantitative estimate of drug-likeness (QED) is 0.765. The topological polar surface area (TPSA) is 15.3 Å². The Kier molecular flexibility index (Phi) is 4.87. The number of hydrogen-bond donors (Lipinski definition) is 1. The Morgan fingerprint density at radius 3 is 2.53 bits per heavy atom. The molecule has 0 saturated heterocycles. The molecule has 0 aromatic rings. The molecule has 2 rings (SSSR count). The summed E-state index contributed by atoms with van der Waals surface area (Å²) in [6, 6.07) is 2.38. The van der Waals surface area contributed by atoms with E-state index in [1.54, 1.807) is 0 Å². The maximum Gasteiger partial charge on any atom is 0.0192 e. The lowest BCUT2D eigenvalue weighted by molar-refractivity contribution is 0.204. The lowest BCUT2D eigenvalue weighted by atomic mass is 9.83. The van der Waals surface area contributed by atoms with E-state index < -0.39 is 0 Å². The summed E-state index contributed by atoms with van der Waals surface area (Å²) in [4.78, 5) is 2.57. The molecule has 1 N–H and O–H groups in total. The van der Waals surface area contributed by atoms with Crippen molar-refractivity contribution in [3.8, 4) is 0 Å². The highest BCUT2D eigenvalue weighted by atomic mass is 15.2. The van der Waals surface area contributed by atoms with Gasteiger partial charge in [0.2, 0.25) is 0 Å². The fourth-order valence-electron chi connectivity index (χ4n) is 3.27. The third-order valence-corrected chi connectivity index (χ3v) is 4.93. The highest BCUT2D eigenvalue weighted by Gasteiger charge is 2.30. The zero-order valence-electron chi connectivity index (χ0n) is 11.9. The Balaban J connectivity index is 1.71. The summed E-state index contributed by atoms with van der Waals surface area (Å²) in [5, 5.41) is 3.84. The Bertz CT molecular complexity index is 225. The first kappa shape index (κ1) is 13.4. The van der Waals surface area contributed by atoms with Crippen molar-refractivity contribution >= 4 is 0 Å². The summed E-state index contributed by atoms with van der Waals surface area (Å²) in [5.74, 6) is 0.933. The molecule has 2 aliphatic carbocycles. The van der Waals surface area contributed by atoms with Crippen LogP contribution in [0.3, 0.4) is 0 Å². The Morgan fingerprint density at radius 2 is 1.88 bits per heavy atom. The van der Waals surface area contributed by atoms with E-state index in [1.165, 1.54) is 51.5 Å². The predicted molar refractivity (Wildman–Crippen MR) is 74.3 cm³/mol. The molecule has 3 unspecified atom stereocenters. The second-order valence-corrected chi connectivity index (χ2v) is 6.21. The summed E-state index contributed by atoms with van der Waals surface area (Å²) < 4.78 is 0. The summed E-state index contributed by atoms with van der Waals surface area (Å²) >= 11 is 0. The molecule has 0 aromatic heterocycles. The number of nitrogens with zero attached hydrogens (tertiary/aromatic N) is 1. The maximum absolute atomic E-state index is 3.84. The largest absolute Gasteiger partial charge is 0.312 e. The molecule has 0 spiro atoms. The van der Waals surface area contributed by atoms with Crippen LogP contribution >= 0.6 is 0 Å². The van der Waals surface area contributed by atoms with Gasteiger partial charge in [0.25, 0.3) is 0 Å². The molecular weight excluding hydrogens is 208 g/mol. The third kappa shape index (κ3) is 3.69. The van der Waals surface area contributed by atoms with Gasteiger partial charge in [-0.25, -0.2) is 0 Å². The van der Waals surface area contributed by atoms with Gasteiger partial charge in [-0.05, 0) is 45.6 Å². The average Bonchev–Trinajstić information content (AvgIpc) is 3.19. The molecule has 0 heterocycles. The van der Waals surface area contributed by atoms with E-state index in [2.05, 4.69) is 31.1 Å². The molecule has 0 aliphatic heterocycles. The van der Waals surface area contributed by atoms with Crippen molar-refractivity contribution in [2.75, 3.05) is 13.6 Å². The third-order valence-electron chi connectivity index (χ3n) is 4.93. The number of hydrogen-bond acceptors (Lipinski definition) is 2. The van der Waals surface area contributed by atoms with Crippen LogP contribution in [0.15, 0.2) is 0 Å². The molecule has 0 aromatic carbocycles. The smallest absolute Gasteiger partial charge is 0.0192 e. The Hall–Kier alpha value is -0.0800. The molecule has 0 amide bonds. The first-order valence-electron chi connectivity index (χ1n) is 7.67. The van der Waals surface area contributed by atoms with E-state index >= 15 is 0 Å². The van der Waals surface area contributed by atoms with E-state index in [0.717, 1.165) is 18.0 Å². The minimum absolute atomic E-state index is 0.696. The highest BCUT2D eigenvalue weighted by Crippen LogP contribution is 2.28. The normalized spacial score (nSPS) is 31.8. The molecule has 3 atom stereocenters. The lowest BCUT2D eigenvalue weighted by Gasteiger charge is -2.34. The van der Waals surface area contributed by atoms with Crippen LogP contribution in [0.5, 0.6) is 0 Å². The van der Waals surface area contributed by atoms with Gasteiger partial charge in [0.1, 0.15) is 0 Å². The standard InChI is InChI=1S/C15H30N2/c1-4-13-7-5-6-8-15(13)16-11-12(2)17(3)14-9-10-14/h12-16H,4-11H2,1-3H3. The van der Waals surface area contributed by atoms with Crippen molar-refractivity contribution in [1.29, 1.82) is 0 Å². The fourth-order valence-corrected chi connectivity index (χ4v) is 3.27. The molecule has 0 bridgehead atoms. The molecular formula is C15H30N2. The minimum Gasteiger partial charge on any atom is -0.312 e. The van der Waals surface area contributed by atoms with Crippen LogP contribution in [-0.2, 0) is 0 Å². The van der Waals surface area contributed by atoms with Crippen LogP contribution in [0.25, 0.3) is 0 Å². The van der Waals surface area contributed by atoms with Crippen LogP contribution in [-0.4, -0.2) is 36.6 Å². The summed E-state index contributed by atoms with van der Waals surface area (Å²) in [6.07, 6.45) is 9.92. The number of likely N-dealkylation sites (N-methyl/N-ethyl adjacent to an activating group) is 1. The zero-order chi connectivity index (χ0) is 12.3. The maximum atomic E-state index is 3.84. The van der Waals surface area contributed by atoms with Crippen molar-refractivity contribution in [3.05, 3.63) is 0 Å². The van der Waals surface area contributed by atoms with E-state index in [9.17, 15) is 0 Å². The SMILES string of the molecule is CCC1CCCCC1NCC(C)N(C)C1CC1. The minimum atomic E-state index is 0.696. The molecule has 2 saturated carbocycles. The van der Waals surface area contributed by atoms with Gasteiger partial charge in [0.15, 0.2) is 0 Å². The van der Waals surface area contributed by atoms with Crippen LogP contribution < -0.4 is 5.32 Å². The van der Waals surface area contributed by atoms with Crippen molar-refractivity contribution in [2.24, 2.45) is 5.92 Å². The Morgan fingerprint density at radius 1 is 1.18 bits per heavy atom. The first-order valence-corrected chi connectivity index (χ1v) is 7.67. The predicted octanol–water partition coefficient (Wildman–Crippen LogP) is 3.03. The fraction of sp³-hybridized carbons (Fsp3) is 1.00. The monoisotopic (exact) mass is 238 g/mol. The first-order chi connectivity index (χ1) is 8.22. The lowest BCUT2D eigenvalue weighted by Crippen LogP contribution is -2.46. The summed E-state index contributed by atoms with van der Waals surface area (Å²) in [7, 11) is 2.29. The van der Waals surface area contributed by atoms with Gasteiger partial charge < -0.3 is 5.32 Å². The second kappa shape index (κ2) is 6.19. The van der Waals surface area contributed by atoms with Crippen LogP contribution in [0, 0.1) is 5.92 Å². The van der Waals surface area contributed by atoms with E-state index in [1.807, 2.05) is 0 Å². The number of rotatable bonds is 6. The molecule has 2 fully saturated rings. The van der Waals surface area contributed by atoms with Gasteiger partial charge in [-0.2, -0.15) is 0 Å². The molecule has 2 nitrogen and oxygen atoms in total. The van der Waals surface area contributed by atoms with E-state index in [-0.39, 0.29) is 0 Å². The molecule has 2 aliphatic rings. The summed E-state index contributed by atoms with van der Waals surface area (Å²) in [5.41, 5.74) is 0. The molecule has 100 valence electrons. The van der Waals surface area contributed by atoms with Gasteiger partial charge >= 0.3 is 0 Å². The van der Waals surface area contributed by atoms with Gasteiger partial charge in [-0.3, -0.25) is 4.90 Å². The van der Waals surface area contributed by atoms with Crippen LogP contribution in [0.1, 0.15) is 58.8 Å². The van der Waals surface area contributed by atoms with E-state index in [4.69, 9.17) is 0 Å². The van der Waals surface area contributed by atoms with Crippen LogP contribution in [0.4, 0.5) is 0 Å². The zero-order valence-corrected chi connectivity index (χ0v) is 11.9. The van der Waals surface area contributed by atoms with Crippen LogP contribution in [0.2, 0.25) is 0 Å². The summed E-state index contributed by atoms with van der Waals surface area (Å²) in [6.45, 7) is 5.90. The van der Waals surface area contributed by atoms with Crippen molar-refractivity contribution in [2.45, 2.75) is 76.9 Å². The van der Waals surface area contributed by atoms with Crippen molar-refractivity contribution in [1.82, 2.24) is 10.2 Å². The van der Waals surface area contributed by atoms with Crippen molar-refractivity contribution < 1.29 is 0 Å². The van der Waals surface area contributed by atoms with Gasteiger partial charge in [-0.1, -0.05) is 26.2 Å². The average molecular weight is 238 g/mol. The Labute approximate surface area is 107 Å². The second-order valence-electron chi connectivity index (χ2n) is 6.21. The molecule has 17 heavy (non-hydrogen) atoms. The molecule has 2 heteroatoms.